The van der Waals surface area contributed by atoms with Crippen LogP contribution in [-0.4, -0.2) is 21.1 Å². The molecule has 4 aliphatic rings. The largest absolute Gasteiger partial charge is 0.459 e. The second-order valence-electron chi connectivity index (χ2n) is 6.23. The van der Waals surface area contributed by atoms with Crippen molar-refractivity contribution in [2.45, 2.75) is 60.5 Å². The van der Waals surface area contributed by atoms with Gasteiger partial charge in [0.2, 0.25) is 0 Å². The number of thiol groups is 2. The summed E-state index contributed by atoms with van der Waals surface area (Å²) in [5, 5.41) is 0. The first kappa shape index (κ1) is 11.3. The van der Waals surface area contributed by atoms with Gasteiger partial charge in [0.15, 0.2) is 0 Å². The lowest BCUT2D eigenvalue weighted by Crippen LogP contribution is -2.63. The number of hydrogen-bond acceptors (Lipinski definition) is 4. The normalized spacial score (nSPS) is 54.1. The summed E-state index contributed by atoms with van der Waals surface area (Å²) < 4.78 is 5.75. The lowest BCUT2D eigenvalue weighted by molar-refractivity contribution is -0.177. The molecule has 90 valence electrons. The van der Waals surface area contributed by atoms with E-state index in [2.05, 4.69) is 0 Å². The Morgan fingerprint density at radius 1 is 1.12 bits per heavy atom. The van der Waals surface area contributed by atoms with Crippen LogP contribution in [0.25, 0.3) is 0 Å². The molecule has 0 N–H and O–H groups in total. The number of rotatable bonds is 1. The Morgan fingerprint density at radius 3 is 2.12 bits per heavy atom. The molecule has 0 aromatic carbocycles. The average molecular weight is 258 g/mol. The van der Waals surface area contributed by atoms with Crippen LogP contribution >= 0.6 is 25.3 Å². The van der Waals surface area contributed by atoms with Crippen LogP contribution < -0.4 is 0 Å². The van der Waals surface area contributed by atoms with Gasteiger partial charge in [0, 0.05) is 29.3 Å². The third kappa shape index (κ3) is 1.69. The maximum atomic E-state index is 11.3. The SMILES string of the molecule is CC(=O)OC12CC3CC(S)(CC(S)(C3)C1)C2. The number of carbonyl (C=O) groups excluding carboxylic acids is 1. The number of ether oxygens (including phenoxy) is 1. The van der Waals surface area contributed by atoms with E-state index in [-0.39, 0.29) is 21.1 Å². The lowest BCUT2D eigenvalue weighted by atomic mass is 9.53. The first-order valence-corrected chi connectivity index (χ1v) is 6.86. The van der Waals surface area contributed by atoms with E-state index in [4.69, 9.17) is 30.0 Å². The average Bonchev–Trinajstić information content (AvgIpc) is 1.91. The van der Waals surface area contributed by atoms with E-state index in [0.29, 0.717) is 5.92 Å². The molecule has 0 radical (unpaired) electrons. The predicted octanol–water partition coefficient (Wildman–Crippen LogP) is 2.62. The Morgan fingerprint density at radius 2 is 1.69 bits per heavy atom. The second-order valence-corrected chi connectivity index (χ2v) is 8.13. The monoisotopic (exact) mass is 258 g/mol. The summed E-state index contributed by atoms with van der Waals surface area (Å²) in [4.78, 5) is 11.3. The standard InChI is InChI=1S/C12H18O2S2/c1-8(13)14-10-2-9-3-11(15,5-10)7-12(16,4-9)6-10/h9,15-16H,2-7H2,1H3. The van der Waals surface area contributed by atoms with E-state index in [1.54, 1.807) is 0 Å². The Balaban J connectivity index is 1.95. The molecule has 0 aliphatic heterocycles. The molecule has 2 unspecified atom stereocenters. The molecule has 0 heterocycles. The molecule has 2 atom stereocenters. The van der Waals surface area contributed by atoms with Crippen molar-refractivity contribution in [3.8, 4) is 0 Å². The Hall–Kier alpha value is 0.170. The summed E-state index contributed by atoms with van der Waals surface area (Å²) in [5.41, 5.74) is -0.255. The zero-order valence-corrected chi connectivity index (χ0v) is 11.3. The van der Waals surface area contributed by atoms with Gasteiger partial charge in [-0.25, -0.2) is 0 Å². The zero-order valence-electron chi connectivity index (χ0n) is 9.53. The van der Waals surface area contributed by atoms with Gasteiger partial charge < -0.3 is 4.74 Å². The number of carbonyl (C=O) groups is 1. The Labute approximate surface area is 107 Å². The van der Waals surface area contributed by atoms with E-state index >= 15 is 0 Å². The van der Waals surface area contributed by atoms with Gasteiger partial charge in [-0.2, -0.15) is 25.3 Å². The lowest BCUT2D eigenvalue weighted by Gasteiger charge is -2.63. The molecule has 0 spiro atoms. The molecule has 0 saturated heterocycles. The molecule has 0 aromatic rings. The van der Waals surface area contributed by atoms with Crippen LogP contribution in [0.1, 0.15) is 45.4 Å². The summed E-state index contributed by atoms with van der Waals surface area (Å²) in [6, 6.07) is 0. The molecule has 4 aliphatic carbocycles. The highest BCUT2D eigenvalue weighted by Crippen LogP contribution is 2.64. The van der Waals surface area contributed by atoms with Crippen molar-refractivity contribution >= 4 is 31.2 Å². The topological polar surface area (TPSA) is 26.3 Å². The van der Waals surface area contributed by atoms with Crippen molar-refractivity contribution in [3.63, 3.8) is 0 Å². The minimum Gasteiger partial charge on any atom is -0.459 e. The van der Waals surface area contributed by atoms with Gasteiger partial charge >= 0.3 is 5.97 Å². The van der Waals surface area contributed by atoms with Gasteiger partial charge in [0.25, 0.3) is 0 Å². The fourth-order valence-corrected chi connectivity index (χ4v) is 6.49. The van der Waals surface area contributed by atoms with Crippen LogP contribution in [0.2, 0.25) is 0 Å². The number of esters is 1. The second kappa shape index (κ2) is 3.14. The van der Waals surface area contributed by atoms with Crippen molar-refractivity contribution in [3.05, 3.63) is 0 Å². The van der Waals surface area contributed by atoms with Crippen molar-refractivity contribution in [1.29, 1.82) is 0 Å². The molecule has 4 saturated carbocycles. The summed E-state index contributed by atoms with van der Waals surface area (Å²) in [7, 11) is 0. The highest BCUT2D eigenvalue weighted by Gasteiger charge is 2.62. The maximum absolute atomic E-state index is 11.3. The molecule has 0 amide bonds. The molecule has 2 nitrogen and oxygen atoms in total. The zero-order chi connectivity index (χ0) is 11.6. The van der Waals surface area contributed by atoms with Gasteiger partial charge in [0.1, 0.15) is 5.60 Å². The van der Waals surface area contributed by atoms with Crippen LogP contribution in [0.15, 0.2) is 0 Å². The van der Waals surface area contributed by atoms with Crippen LogP contribution in [0.4, 0.5) is 0 Å². The molecule has 4 bridgehead atoms. The Kier molecular flexibility index (Phi) is 2.21. The molecular weight excluding hydrogens is 240 g/mol. The van der Waals surface area contributed by atoms with E-state index in [1.165, 1.54) is 19.8 Å². The van der Waals surface area contributed by atoms with Crippen LogP contribution in [0.3, 0.4) is 0 Å². The highest BCUT2D eigenvalue weighted by atomic mass is 32.1. The first-order valence-electron chi connectivity index (χ1n) is 5.97. The van der Waals surface area contributed by atoms with Gasteiger partial charge in [-0.05, 0) is 31.6 Å². The summed E-state index contributed by atoms with van der Waals surface area (Å²) >= 11 is 9.68. The van der Waals surface area contributed by atoms with Crippen molar-refractivity contribution in [2.75, 3.05) is 0 Å². The van der Waals surface area contributed by atoms with Crippen LogP contribution in [0, 0.1) is 5.92 Å². The molecule has 16 heavy (non-hydrogen) atoms. The fourth-order valence-electron chi connectivity index (χ4n) is 4.67. The van der Waals surface area contributed by atoms with Gasteiger partial charge in [-0.1, -0.05) is 0 Å². The van der Waals surface area contributed by atoms with Gasteiger partial charge in [-0.15, -0.1) is 0 Å². The van der Waals surface area contributed by atoms with Gasteiger partial charge in [-0.3, -0.25) is 4.79 Å². The summed E-state index contributed by atoms with van der Waals surface area (Å²) in [5.74, 6) is 0.487. The molecule has 4 rings (SSSR count). The van der Waals surface area contributed by atoms with Crippen molar-refractivity contribution < 1.29 is 9.53 Å². The third-order valence-electron chi connectivity index (χ3n) is 4.32. The minimum absolute atomic E-state index is 0.0522. The summed E-state index contributed by atoms with van der Waals surface area (Å²) in [6.45, 7) is 1.51. The van der Waals surface area contributed by atoms with Gasteiger partial charge in [0.05, 0.1) is 0 Å². The number of hydrogen-bond donors (Lipinski definition) is 2. The fraction of sp³-hybridized carbons (Fsp3) is 0.917. The van der Waals surface area contributed by atoms with E-state index in [0.717, 1.165) is 25.7 Å². The smallest absolute Gasteiger partial charge is 0.303 e. The van der Waals surface area contributed by atoms with E-state index < -0.39 is 0 Å². The molecular formula is C12H18O2S2. The first-order chi connectivity index (χ1) is 7.32. The maximum Gasteiger partial charge on any atom is 0.303 e. The highest BCUT2D eigenvalue weighted by molar-refractivity contribution is 7.83. The minimum atomic E-state index is -0.255. The quantitative estimate of drug-likeness (QED) is 0.558. The predicted molar refractivity (Wildman–Crippen MR) is 69.1 cm³/mol. The van der Waals surface area contributed by atoms with Crippen molar-refractivity contribution in [2.24, 2.45) is 5.92 Å². The van der Waals surface area contributed by atoms with Crippen molar-refractivity contribution in [1.82, 2.24) is 0 Å². The molecule has 0 aromatic heterocycles. The van der Waals surface area contributed by atoms with Crippen LogP contribution in [-0.2, 0) is 9.53 Å². The van der Waals surface area contributed by atoms with Crippen LogP contribution in [0.5, 0.6) is 0 Å². The van der Waals surface area contributed by atoms with E-state index in [9.17, 15) is 4.79 Å². The molecule has 4 fully saturated rings. The molecule has 4 heteroatoms. The Bertz CT molecular complexity index is 337. The third-order valence-corrected chi connectivity index (χ3v) is 5.32. The summed E-state index contributed by atoms with van der Waals surface area (Å²) in [6.07, 6.45) is 6.26. The van der Waals surface area contributed by atoms with E-state index in [1.807, 2.05) is 0 Å².